The van der Waals surface area contributed by atoms with Gasteiger partial charge in [-0.05, 0) is 146 Å². The molecule has 0 unspecified atom stereocenters. The van der Waals surface area contributed by atoms with Crippen LogP contribution in [-0.2, 0) is 73.8 Å². The summed E-state index contributed by atoms with van der Waals surface area (Å²) in [6.07, 6.45) is 5.95. The van der Waals surface area contributed by atoms with E-state index >= 15 is 0 Å². The molecule has 1 N–H and O–H groups in total. The lowest BCUT2D eigenvalue weighted by Crippen LogP contribution is -2.55. The molecule has 123 heavy (non-hydrogen) atoms. The van der Waals surface area contributed by atoms with Crippen molar-refractivity contribution in [1.29, 1.82) is 0 Å². The second kappa shape index (κ2) is 39.0. The van der Waals surface area contributed by atoms with Crippen molar-refractivity contribution in [3.8, 4) is 0 Å². The van der Waals surface area contributed by atoms with Crippen molar-refractivity contribution in [3.05, 3.63) is 162 Å². The number of carbonyl (C=O) groups is 5. The Morgan fingerprint density at radius 3 is 0.870 bits per heavy atom. The number of hydrogen-bond acceptors (Lipinski definition) is 25. The summed E-state index contributed by atoms with van der Waals surface area (Å²) < 4.78 is 205. The third-order valence-corrected chi connectivity index (χ3v) is 34.9. The lowest BCUT2D eigenvalue weighted by Gasteiger charge is -2.43. The summed E-state index contributed by atoms with van der Waals surface area (Å²) in [5.41, 5.74) is -2.37. The molecule has 30 nitrogen and oxygen atoms in total. The van der Waals surface area contributed by atoms with Crippen molar-refractivity contribution in [2.45, 2.75) is 171 Å². The lowest BCUT2D eigenvalue weighted by atomic mass is 10.0. The molecule has 0 atom stereocenters. The van der Waals surface area contributed by atoms with E-state index in [0.717, 1.165) is 102 Å². The predicted octanol–water partition coefficient (Wildman–Crippen LogP) is 8.59. The third kappa shape index (κ3) is 21.1. The molecule has 0 radical (unpaired) electrons. The lowest BCUT2D eigenvalue weighted by molar-refractivity contribution is -0.0911. The number of nitrogens with one attached hydrogen (secondary N) is 1. The summed E-state index contributed by atoms with van der Waals surface area (Å²) >= 11 is 0. The molecule has 1 aliphatic carbocycles. The van der Waals surface area contributed by atoms with Crippen LogP contribution in [0.3, 0.4) is 0 Å². The first-order chi connectivity index (χ1) is 58.2. The molecule has 10 heterocycles. The molecule has 674 valence electrons. The maximum absolute atomic E-state index is 13.2. The highest BCUT2D eigenvalue weighted by atomic mass is 32.2. The fourth-order valence-electron chi connectivity index (χ4n) is 17.7. The molecule has 38 heteroatoms. The van der Waals surface area contributed by atoms with Gasteiger partial charge < -0.3 is 43.7 Å². The second-order valence-corrected chi connectivity index (χ2v) is 42.2. The van der Waals surface area contributed by atoms with Crippen molar-refractivity contribution in [3.63, 3.8) is 0 Å². The highest BCUT2D eigenvalue weighted by Gasteiger charge is 2.56. The summed E-state index contributed by atoms with van der Waals surface area (Å²) in [6.45, 7) is 26.1. The number of ether oxygens (including phenoxy) is 5. The van der Waals surface area contributed by atoms with Gasteiger partial charge in [0, 0.05) is 190 Å². The van der Waals surface area contributed by atoms with Gasteiger partial charge in [0.2, 0.25) is 50.1 Å². The fourth-order valence-corrected chi connectivity index (χ4v) is 26.3. The molecule has 10 aliphatic heterocycles. The Hall–Kier alpha value is -6.87. The van der Waals surface area contributed by atoms with E-state index in [2.05, 4.69) is 38.4 Å². The fraction of sp³-hybridized carbons (Fsp3) is 0.565. The number of piperidine rings is 5. The van der Waals surface area contributed by atoms with Gasteiger partial charge in [-0.3, -0.25) is 28.9 Å². The van der Waals surface area contributed by atoms with Gasteiger partial charge in [-0.1, -0.05) is 61.5 Å². The molecule has 0 aromatic heterocycles. The van der Waals surface area contributed by atoms with Gasteiger partial charge in [0.25, 0.3) is 5.78 Å². The number of carbonyl (C=O) groups excluding carboxylic acids is 5. The summed E-state index contributed by atoms with van der Waals surface area (Å²) in [5.74, 6) is -1.47. The van der Waals surface area contributed by atoms with Gasteiger partial charge in [0.15, 0.2) is 23.1 Å². The van der Waals surface area contributed by atoms with Gasteiger partial charge in [0.1, 0.15) is 28.6 Å². The first kappa shape index (κ1) is 95.2. The van der Waals surface area contributed by atoms with Crippen LogP contribution in [0.25, 0.3) is 0 Å². The quantitative estimate of drug-likeness (QED) is 0.0563. The maximum atomic E-state index is 13.2. The van der Waals surface area contributed by atoms with Crippen LogP contribution >= 0.6 is 0 Å². The number of ketones is 5. The molecule has 11 fully saturated rings. The Morgan fingerprint density at radius 2 is 0.626 bits per heavy atom. The van der Waals surface area contributed by atoms with Crippen LogP contribution in [-0.4, -0.2) is 305 Å². The number of Topliss-reactive ketones (excluding diaryl/α,β-unsaturated/α-hetero) is 5. The van der Waals surface area contributed by atoms with Crippen molar-refractivity contribution in [2.24, 2.45) is 5.92 Å². The van der Waals surface area contributed by atoms with Gasteiger partial charge in [-0.25, -0.2) is 42.1 Å². The molecular formula is C85H113F3N10O20S5. The van der Waals surface area contributed by atoms with E-state index in [1.54, 1.807) is 52.8 Å². The standard InChI is InChI=1S/C19H26N2O4S.C18H24N2O4S.C17H24N2O4S.C16H22N2O4S.C15H17F3N2O4S/c1-15(22)17-4-6-18(7-5-17)26(23,24)21-12-13-25-19(21)8-10-20(11-9-19)14-16-2-3-16;1-3-10-19-11-8-18(9-12-19)20(13-14-24-18)25(22,23)17-6-4-16(5-7-17)15(2)21;1-3-18-10-8-17(9-11-18)19(12-13-23-17)24(21,22)16-6-4-15(5-7-16)14(2)20;1-13(19)14-3-5-15(6-4-14)23(20,21)18-11-12-22-16(18)7-9-17(2)10-8-16;16-15(17,18)13(21)11-1-3-12(4-2-11)25(22,23)20-9-10-24-14(20)5-7-19-8-6-14/h4-7,16H,2-3,8-14H2,1H3;3-7H,1,8-14H2,2H3;4-7H,3,8-13H2,1-2H3;3-6H,7-12H2,1-2H3;1-4,19H,5-10H2. The number of rotatable bonds is 20. The minimum absolute atomic E-state index is 0.0713. The minimum Gasteiger partial charge on any atom is -0.358 e. The maximum Gasteiger partial charge on any atom is 0.454 e. The molecule has 0 amide bonds. The highest BCUT2D eigenvalue weighted by Crippen LogP contribution is 2.45. The van der Waals surface area contributed by atoms with Crippen LogP contribution < -0.4 is 5.32 Å². The van der Waals surface area contributed by atoms with Gasteiger partial charge in [-0.15, -0.1) is 6.58 Å². The van der Waals surface area contributed by atoms with E-state index < -0.39 is 96.3 Å². The molecule has 16 rings (SSSR count). The molecule has 10 saturated heterocycles. The zero-order valence-electron chi connectivity index (χ0n) is 70.5. The largest absolute Gasteiger partial charge is 0.454 e. The van der Waals surface area contributed by atoms with E-state index in [1.807, 2.05) is 13.1 Å². The summed E-state index contributed by atoms with van der Waals surface area (Å²) in [5, 5.41) is 3.14. The zero-order valence-corrected chi connectivity index (χ0v) is 74.6. The number of hydrogen-bond donors (Lipinski definition) is 1. The van der Waals surface area contributed by atoms with Gasteiger partial charge in [-0.2, -0.15) is 34.7 Å². The first-order valence-electron chi connectivity index (χ1n) is 41.9. The zero-order chi connectivity index (χ0) is 88.8. The van der Waals surface area contributed by atoms with Crippen LogP contribution in [0.1, 0.15) is 163 Å². The Balaban J connectivity index is 0.000000140. The molecule has 0 bridgehead atoms. The Bertz CT molecular complexity index is 5190. The summed E-state index contributed by atoms with van der Waals surface area (Å²) in [4.78, 5) is 66.7. The van der Waals surface area contributed by atoms with E-state index in [-0.39, 0.29) is 60.8 Å². The number of likely N-dealkylation sites (tertiary alicyclic amines) is 4. The van der Waals surface area contributed by atoms with Gasteiger partial charge >= 0.3 is 6.18 Å². The van der Waals surface area contributed by atoms with E-state index in [9.17, 15) is 79.2 Å². The Morgan fingerprint density at radius 1 is 0.382 bits per heavy atom. The molecular weight excluding hydrogens is 1700 g/mol. The van der Waals surface area contributed by atoms with Crippen molar-refractivity contribution in [2.75, 3.05) is 158 Å². The number of alkyl halides is 3. The normalized spacial score (nSPS) is 22.4. The van der Waals surface area contributed by atoms with Crippen LogP contribution in [0, 0.1) is 5.92 Å². The van der Waals surface area contributed by atoms with Crippen LogP contribution in [0.5, 0.6) is 0 Å². The van der Waals surface area contributed by atoms with E-state index in [0.29, 0.717) is 152 Å². The summed E-state index contributed by atoms with van der Waals surface area (Å²) in [7, 11) is -16.5. The average Bonchev–Trinajstić information content (AvgIpc) is 1.69. The SMILES string of the molecule is C=CCN1CCC2(CC1)OCCN2S(=O)(=O)c1ccc(C(C)=O)cc1.CC(=O)c1ccc(S(=O)(=O)N2CCOC23CCN(C)CC3)cc1.CC(=O)c1ccc(S(=O)(=O)N2CCOC23CCN(CC2CC2)CC3)cc1.CCN1CCC2(CC1)OCCN2S(=O)(=O)c1ccc(C(C)=O)cc1.O=C(c1ccc(S(=O)(=O)N2CCOC23CCNCC3)cc1)C(F)(F)F. The first-order valence-corrected chi connectivity index (χ1v) is 49.1. The van der Waals surface area contributed by atoms with E-state index in [1.165, 1.54) is 106 Å². The predicted molar refractivity (Wildman–Crippen MR) is 450 cm³/mol. The molecule has 5 spiro atoms. The Kier molecular flexibility index (Phi) is 30.2. The number of sulfonamides is 5. The topological polar surface area (TPSA) is 343 Å². The summed E-state index contributed by atoms with van der Waals surface area (Å²) in [6, 6.07) is 28.5. The molecule has 5 aromatic carbocycles. The van der Waals surface area contributed by atoms with E-state index in [4.69, 9.17) is 23.7 Å². The molecule has 11 aliphatic rings. The van der Waals surface area contributed by atoms with Crippen LogP contribution in [0.4, 0.5) is 13.2 Å². The monoisotopic (exact) mass is 1810 g/mol. The van der Waals surface area contributed by atoms with Crippen LogP contribution in [0.15, 0.2) is 158 Å². The third-order valence-electron chi connectivity index (χ3n) is 25.1. The number of nitrogens with zero attached hydrogens (tertiary/aromatic N) is 9. The number of halogens is 3. The molecule has 1 saturated carbocycles. The van der Waals surface area contributed by atoms with Crippen LogP contribution in [0.2, 0.25) is 0 Å². The minimum atomic E-state index is -5.00. The number of benzene rings is 5. The van der Waals surface area contributed by atoms with Crippen molar-refractivity contribution < 1.29 is 103 Å². The second-order valence-electron chi connectivity index (χ2n) is 32.9. The average molecular weight is 1810 g/mol. The molecule has 5 aromatic rings. The van der Waals surface area contributed by atoms with Crippen molar-refractivity contribution in [1.82, 2.24) is 46.4 Å². The smallest absolute Gasteiger partial charge is 0.358 e. The highest BCUT2D eigenvalue weighted by molar-refractivity contribution is 7.90. The van der Waals surface area contributed by atoms with Crippen molar-refractivity contribution >= 4 is 79.0 Å². The Labute approximate surface area is 720 Å². The van der Waals surface area contributed by atoms with Gasteiger partial charge in [0.05, 0.1) is 57.5 Å².